The normalized spacial score (nSPS) is 14.6. The van der Waals surface area contributed by atoms with Crippen LogP contribution in [0, 0.1) is 5.92 Å². The third-order valence-corrected chi connectivity index (χ3v) is 4.79. The average molecular weight is 332 g/mol. The third kappa shape index (κ3) is 5.46. The van der Waals surface area contributed by atoms with Gasteiger partial charge in [0.25, 0.3) is 0 Å². The van der Waals surface area contributed by atoms with Crippen molar-refractivity contribution >= 4 is 5.91 Å². The van der Waals surface area contributed by atoms with E-state index in [2.05, 4.69) is 19.9 Å². The topological polar surface area (TPSA) is 66.6 Å². The first-order chi connectivity index (χ1) is 11.5. The predicted molar refractivity (Wildman–Crippen MR) is 99.5 cm³/mol. The summed E-state index contributed by atoms with van der Waals surface area (Å²) in [5, 5.41) is 10.5. The minimum absolute atomic E-state index is 0.0113. The van der Waals surface area contributed by atoms with Gasteiger partial charge in [-0.1, -0.05) is 55.8 Å². The molecule has 1 amide bonds. The van der Waals surface area contributed by atoms with Crippen molar-refractivity contribution in [3.63, 3.8) is 0 Å². The smallest absolute Gasteiger partial charge is 0.227 e. The molecule has 1 aromatic rings. The maximum atomic E-state index is 12.7. The molecule has 4 heteroatoms. The van der Waals surface area contributed by atoms with Crippen molar-refractivity contribution in [3.8, 4) is 0 Å². The highest BCUT2D eigenvalue weighted by atomic mass is 16.3. The van der Waals surface area contributed by atoms with Gasteiger partial charge in [-0.25, -0.2) is 0 Å². The zero-order valence-corrected chi connectivity index (χ0v) is 15.4. The number of hydrogen-bond acceptors (Lipinski definition) is 3. The molecule has 0 aliphatic carbocycles. The van der Waals surface area contributed by atoms with E-state index in [0.29, 0.717) is 13.0 Å². The molecule has 0 bridgehead atoms. The molecule has 0 aliphatic heterocycles. The van der Waals surface area contributed by atoms with Crippen LogP contribution in [-0.4, -0.2) is 35.5 Å². The van der Waals surface area contributed by atoms with Crippen LogP contribution in [0.3, 0.4) is 0 Å². The fourth-order valence-corrected chi connectivity index (χ4v) is 2.77. The molecule has 134 valence electrons. The lowest BCUT2D eigenvalue weighted by atomic mass is 9.97. The van der Waals surface area contributed by atoms with Crippen molar-refractivity contribution in [2.45, 2.75) is 52.2 Å². The van der Waals surface area contributed by atoms with Crippen LogP contribution in [0.2, 0.25) is 0 Å². The molecule has 1 rings (SSSR count). The fraction of sp³-hybridized carbons (Fsp3) is 0.550. The van der Waals surface area contributed by atoms with Gasteiger partial charge >= 0.3 is 0 Å². The van der Waals surface area contributed by atoms with Crippen molar-refractivity contribution in [1.29, 1.82) is 0 Å². The first kappa shape index (κ1) is 20.4. The van der Waals surface area contributed by atoms with Crippen LogP contribution in [-0.2, 0) is 4.79 Å². The highest BCUT2D eigenvalue weighted by molar-refractivity contribution is 5.79. The Morgan fingerprint density at radius 2 is 1.83 bits per heavy atom. The van der Waals surface area contributed by atoms with Gasteiger partial charge in [-0.05, 0) is 31.7 Å². The van der Waals surface area contributed by atoms with E-state index in [0.717, 1.165) is 18.4 Å². The van der Waals surface area contributed by atoms with Crippen molar-refractivity contribution in [2.24, 2.45) is 11.7 Å². The first-order valence-corrected chi connectivity index (χ1v) is 8.83. The number of nitrogens with zero attached hydrogens (tertiary/aromatic N) is 1. The summed E-state index contributed by atoms with van der Waals surface area (Å²) in [4.78, 5) is 14.4. The molecule has 0 aromatic heterocycles. The number of hydrogen-bond donors (Lipinski definition) is 2. The largest absolute Gasteiger partial charge is 0.386 e. The minimum Gasteiger partial charge on any atom is -0.386 e. The summed E-state index contributed by atoms with van der Waals surface area (Å²) < 4.78 is 0. The van der Waals surface area contributed by atoms with Crippen molar-refractivity contribution < 1.29 is 9.90 Å². The molecular formula is C20H32N2O2. The number of aliphatic hydroxyl groups excluding tert-OH is 1. The standard InChI is InChI=1S/C20H32N2O2/c1-5-16(6-2)12-13-18(14-21)20(24)22(4)15(3)19(23)17-10-8-7-9-11-17/h7-12,15,18-19,23H,5-6,13-14,21H2,1-4H3/t15-,18-,19+/m0/s1. The molecule has 0 unspecified atom stereocenters. The summed E-state index contributed by atoms with van der Waals surface area (Å²) in [6, 6.07) is 9.12. The van der Waals surface area contributed by atoms with Gasteiger partial charge in [0.05, 0.1) is 18.1 Å². The Hall–Kier alpha value is -1.65. The molecule has 0 heterocycles. The van der Waals surface area contributed by atoms with Gasteiger partial charge in [-0.15, -0.1) is 0 Å². The van der Waals surface area contributed by atoms with E-state index >= 15 is 0 Å². The summed E-state index contributed by atoms with van der Waals surface area (Å²) in [5.41, 5.74) is 7.99. The highest BCUT2D eigenvalue weighted by Crippen LogP contribution is 2.22. The summed E-state index contributed by atoms with van der Waals surface area (Å²) in [5.74, 6) is -0.253. The molecule has 0 aliphatic rings. The number of rotatable bonds is 9. The number of carbonyl (C=O) groups is 1. The summed E-state index contributed by atoms with van der Waals surface area (Å²) in [6.45, 7) is 6.43. The first-order valence-electron chi connectivity index (χ1n) is 8.83. The number of likely N-dealkylation sites (N-methyl/N-ethyl adjacent to an activating group) is 1. The molecule has 0 radical (unpaired) electrons. The van der Waals surface area contributed by atoms with Gasteiger partial charge in [-0.3, -0.25) is 4.79 Å². The van der Waals surface area contributed by atoms with Crippen molar-refractivity contribution in [1.82, 2.24) is 4.90 Å². The van der Waals surface area contributed by atoms with E-state index in [1.54, 1.807) is 11.9 Å². The molecular weight excluding hydrogens is 300 g/mol. The number of aliphatic hydroxyl groups is 1. The number of amides is 1. The summed E-state index contributed by atoms with van der Waals surface area (Å²) in [7, 11) is 1.74. The quantitative estimate of drug-likeness (QED) is 0.682. The number of nitrogens with two attached hydrogens (primary N) is 1. The minimum atomic E-state index is -0.712. The molecule has 3 atom stereocenters. The zero-order chi connectivity index (χ0) is 18.1. The zero-order valence-electron chi connectivity index (χ0n) is 15.4. The van der Waals surface area contributed by atoms with Crippen molar-refractivity contribution in [3.05, 3.63) is 47.5 Å². The SMILES string of the molecule is CCC(=CC[C@@H](CN)C(=O)N(C)[C@@H](C)[C@@H](O)c1ccccc1)CC. The van der Waals surface area contributed by atoms with Gasteiger partial charge in [0.1, 0.15) is 0 Å². The molecule has 0 fully saturated rings. The van der Waals surface area contributed by atoms with Crippen LogP contribution in [0.1, 0.15) is 51.7 Å². The molecule has 0 saturated heterocycles. The maximum Gasteiger partial charge on any atom is 0.227 e. The lowest BCUT2D eigenvalue weighted by Crippen LogP contribution is -2.44. The number of carbonyl (C=O) groups excluding carboxylic acids is 1. The van der Waals surface area contributed by atoms with Gasteiger partial charge < -0.3 is 15.7 Å². The van der Waals surface area contributed by atoms with Crippen LogP contribution in [0.25, 0.3) is 0 Å². The average Bonchev–Trinajstić information content (AvgIpc) is 2.63. The monoisotopic (exact) mass is 332 g/mol. The second-order valence-corrected chi connectivity index (χ2v) is 6.28. The highest BCUT2D eigenvalue weighted by Gasteiger charge is 2.28. The predicted octanol–water partition coefficient (Wildman–Crippen LogP) is 3.28. The van der Waals surface area contributed by atoms with E-state index in [1.165, 1.54) is 5.57 Å². The number of benzene rings is 1. The maximum absolute atomic E-state index is 12.7. The molecule has 1 aromatic carbocycles. The van der Waals surface area contributed by atoms with Gasteiger partial charge in [0.2, 0.25) is 5.91 Å². The van der Waals surface area contributed by atoms with Crippen LogP contribution in [0.15, 0.2) is 42.0 Å². The van der Waals surface area contributed by atoms with Crippen molar-refractivity contribution in [2.75, 3.05) is 13.6 Å². The Kier molecular flexibility index (Phi) is 8.72. The van der Waals surface area contributed by atoms with E-state index < -0.39 is 6.10 Å². The van der Waals surface area contributed by atoms with Gasteiger partial charge in [0, 0.05) is 13.6 Å². The lowest BCUT2D eigenvalue weighted by molar-refractivity contribution is -0.137. The lowest BCUT2D eigenvalue weighted by Gasteiger charge is -2.31. The van der Waals surface area contributed by atoms with Gasteiger partial charge in [0.15, 0.2) is 0 Å². The molecule has 0 saturated carbocycles. The Bertz CT molecular complexity index is 522. The Balaban J connectivity index is 2.78. The van der Waals surface area contributed by atoms with Crippen LogP contribution >= 0.6 is 0 Å². The third-order valence-electron chi connectivity index (χ3n) is 4.79. The fourth-order valence-electron chi connectivity index (χ4n) is 2.77. The molecule has 0 spiro atoms. The molecule has 4 nitrogen and oxygen atoms in total. The van der Waals surface area contributed by atoms with Crippen LogP contribution < -0.4 is 5.73 Å². The Labute approximate surface area is 146 Å². The summed E-state index contributed by atoms with van der Waals surface area (Å²) >= 11 is 0. The second kappa shape index (κ2) is 10.3. The van der Waals surface area contributed by atoms with E-state index in [1.807, 2.05) is 37.3 Å². The van der Waals surface area contributed by atoms with E-state index in [4.69, 9.17) is 5.73 Å². The second-order valence-electron chi connectivity index (χ2n) is 6.28. The van der Waals surface area contributed by atoms with E-state index in [9.17, 15) is 9.90 Å². The van der Waals surface area contributed by atoms with Crippen LogP contribution in [0.4, 0.5) is 0 Å². The Morgan fingerprint density at radius 3 is 2.33 bits per heavy atom. The van der Waals surface area contributed by atoms with E-state index in [-0.39, 0.29) is 17.9 Å². The molecule has 24 heavy (non-hydrogen) atoms. The number of allylic oxidation sites excluding steroid dienone is 2. The molecule has 3 N–H and O–H groups in total. The summed E-state index contributed by atoms with van der Waals surface area (Å²) in [6.07, 6.45) is 4.09. The van der Waals surface area contributed by atoms with Crippen LogP contribution in [0.5, 0.6) is 0 Å². The van der Waals surface area contributed by atoms with Gasteiger partial charge in [-0.2, -0.15) is 0 Å². The Morgan fingerprint density at radius 1 is 1.25 bits per heavy atom.